The van der Waals surface area contributed by atoms with Crippen LogP contribution in [0.15, 0.2) is 6.20 Å². The first-order chi connectivity index (χ1) is 9.66. The lowest BCUT2D eigenvalue weighted by atomic mass is 10.2. The van der Waals surface area contributed by atoms with Crippen molar-refractivity contribution in [1.82, 2.24) is 14.5 Å². The van der Waals surface area contributed by atoms with E-state index in [1.54, 1.807) is 18.0 Å². The molecule has 0 bridgehead atoms. The number of hydrogen-bond donors (Lipinski definition) is 1. The molecular formula is C14H20N4O2. The van der Waals surface area contributed by atoms with Gasteiger partial charge in [-0.05, 0) is 26.2 Å². The summed E-state index contributed by atoms with van der Waals surface area (Å²) >= 11 is 0. The molecule has 108 valence electrons. The van der Waals surface area contributed by atoms with Crippen molar-refractivity contribution in [3.63, 3.8) is 0 Å². The number of aromatic nitrogens is 2. The van der Waals surface area contributed by atoms with Gasteiger partial charge in [-0.2, -0.15) is 0 Å². The highest BCUT2D eigenvalue weighted by atomic mass is 16.2. The maximum absolute atomic E-state index is 12.3. The number of rotatable bonds is 3. The molecule has 0 radical (unpaired) electrons. The van der Waals surface area contributed by atoms with E-state index in [9.17, 15) is 9.59 Å². The average Bonchev–Trinajstić information content (AvgIpc) is 3.05. The van der Waals surface area contributed by atoms with Crippen molar-refractivity contribution in [2.75, 3.05) is 11.9 Å². The van der Waals surface area contributed by atoms with Crippen molar-refractivity contribution in [3.8, 4) is 0 Å². The van der Waals surface area contributed by atoms with Gasteiger partial charge in [0.25, 0.3) is 0 Å². The molecule has 1 N–H and O–H groups in total. The number of hydrogen-bond acceptors (Lipinski definition) is 3. The number of likely N-dealkylation sites (tertiary alicyclic amines) is 1. The number of imidazole rings is 1. The van der Waals surface area contributed by atoms with E-state index in [1.807, 2.05) is 0 Å². The second-order valence-electron chi connectivity index (χ2n) is 5.52. The number of carbonyl (C=O) groups is 2. The number of amides is 2. The highest BCUT2D eigenvalue weighted by Crippen LogP contribution is 2.20. The minimum atomic E-state index is -0.417. The number of carbonyl (C=O) groups excluding carboxylic acids is 2. The molecule has 2 amide bonds. The first kappa shape index (κ1) is 13.1. The van der Waals surface area contributed by atoms with Gasteiger partial charge in [-0.3, -0.25) is 9.59 Å². The van der Waals surface area contributed by atoms with Crippen molar-refractivity contribution >= 4 is 17.6 Å². The van der Waals surface area contributed by atoms with Crippen molar-refractivity contribution in [2.45, 2.75) is 51.6 Å². The van der Waals surface area contributed by atoms with Crippen LogP contribution in [0.2, 0.25) is 0 Å². The molecule has 2 aliphatic rings. The third-order valence-corrected chi connectivity index (χ3v) is 4.18. The second kappa shape index (κ2) is 5.26. The summed E-state index contributed by atoms with van der Waals surface area (Å²) in [5.74, 6) is 1.73. The molecule has 3 rings (SSSR count). The molecule has 0 aliphatic carbocycles. The topological polar surface area (TPSA) is 67.2 Å². The molecule has 3 heterocycles. The molecule has 6 nitrogen and oxygen atoms in total. The van der Waals surface area contributed by atoms with E-state index in [-0.39, 0.29) is 11.8 Å². The van der Waals surface area contributed by atoms with Crippen molar-refractivity contribution < 1.29 is 9.59 Å². The standard InChI is InChI=1S/C14H20N4O2/c1-10(17-8-4-6-13(17)19)14(20)16-12-9-15-11-5-2-3-7-18(11)12/h9-10H,2-8H2,1H3,(H,16,20)/t10-/m0/s1. The Morgan fingerprint density at radius 3 is 2.90 bits per heavy atom. The first-order valence-electron chi connectivity index (χ1n) is 7.31. The van der Waals surface area contributed by atoms with Crippen LogP contribution in [0.4, 0.5) is 5.82 Å². The van der Waals surface area contributed by atoms with E-state index >= 15 is 0 Å². The zero-order chi connectivity index (χ0) is 14.1. The summed E-state index contributed by atoms with van der Waals surface area (Å²) in [6.07, 6.45) is 6.36. The van der Waals surface area contributed by atoms with Crippen LogP contribution in [-0.2, 0) is 22.6 Å². The molecule has 1 saturated heterocycles. The fourth-order valence-electron chi connectivity index (χ4n) is 2.97. The Kier molecular flexibility index (Phi) is 3.46. The van der Waals surface area contributed by atoms with Crippen LogP contribution in [0.1, 0.15) is 38.4 Å². The van der Waals surface area contributed by atoms with Gasteiger partial charge in [0.05, 0.1) is 6.20 Å². The van der Waals surface area contributed by atoms with Gasteiger partial charge >= 0.3 is 0 Å². The molecule has 1 aromatic heterocycles. The minimum Gasteiger partial charge on any atom is -0.331 e. The monoisotopic (exact) mass is 276 g/mol. The third-order valence-electron chi connectivity index (χ3n) is 4.18. The zero-order valence-electron chi connectivity index (χ0n) is 11.8. The largest absolute Gasteiger partial charge is 0.331 e. The van der Waals surface area contributed by atoms with Gasteiger partial charge in [0.2, 0.25) is 11.8 Å². The lowest BCUT2D eigenvalue weighted by molar-refractivity contribution is -0.134. The smallest absolute Gasteiger partial charge is 0.248 e. The van der Waals surface area contributed by atoms with Crippen LogP contribution < -0.4 is 5.32 Å². The Balaban J connectivity index is 1.69. The summed E-state index contributed by atoms with van der Waals surface area (Å²) in [5.41, 5.74) is 0. The van der Waals surface area contributed by atoms with E-state index < -0.39 is 6.04 Å². The lowest BCUT2D eigenvalue weighted by Crippen LogP contribution is -2.42. The minimum absolute atomic E-state index is 0.0722. The van der Waals surface area contributed by atoms with Crippen LogP contribution in [0.3, 0.4) is 0 Å². The quantitative estimate of drug-likeness (QED) is 0.901. The Morgan fingerprint density at radius 2 is 2.15 bits per heavy atom. The molecular weight excluding hydrogens is 256 g/mol. The van der Waals surface area contributed by atoms with Gasteiger partial charge in [-0.25, -0.2) is 4.98 Å². The normalized spacial score (nSPS) is 19.9. The van der Waals surface area contributed by atoms with Gasteiger partial charge < -0.3 is 14.8 Å². The van der Waals surface area contributed by atoms with Crippen LogP contribution in [0.5, 0.6) is 0 Å². The number of nitrogens with one attached hydrogen (secondary N) is 1. The molecule has 20 heavy (non-hydrogen) atoms. The van der Waals surface area contributed by atoms with Gasteiger partial charge in [0.1, 0.15) is 17.7 Å². The van der Waals surface area contributed by atoms with E-state index in [0.717, 1.165) is 43.9 Å². The lowest BCUT2D eigenvalue weighted by Gasteiger charge is -2.24. The Bertz CT molecular complexity index is 537. The van der Waals surface area contributed by atoms with Crippen molar-refractivity contribution in [3.05, 3.63) is 12.0 Å². The summed E-state index contributed by atoms with van der Waals surface area (Å²) in [6.45, 7) is 3.37. The van der Waals surface area contributed by atoms with E-state index in [4.69, 9.17) is 0 Å². The van der Waals surface area contributed by atoms with E-state index in [0.29, 0.717) is 13.0 Å². The van der Waals surface area contributed by atoms with Gasteiger partial charge in [0, 0.05) is 25.9 Å². The fourth-order valence-corrected chi connectivity index (χ4v) is 2.97. The van der Waals surface area contributed by atoms with E-state index in [2.05, 4.69) is 14.9 Å². The predicted octanol–water partition coefficient (Wildman–Crippen LogP) is 1.17. The number of aryl methyl sites for hydroxylation is 1. The highest BCUT2D eigenvalue weighted by Gasteiger charge is 2.30. The molecule has 1 fully saturated rings. The predicted molar refractivity (Wildman–Crippen MR) is 74.2 cm³/mol. The Morgan fingerprint density at radius 1 is 1.30 bits per heavy atom. The second-order valence-corrected chi connectivity index (χ2v) is 5.52. The van der Waals surface area contributed by atoms with Crippen LogP contribution in [0, 0.1) is 0 Å². The number of nitrogens with zero attached hydrogens (tertiary/aromatic N) is 3. The molecule has 0 unspecified atom stereocenters. The molecule has 2 aliphatic heterocycles. The summed E-state index contributed by atoms with van der Waals surface area (Å²) in [5, 5.41) is 2.91. The fraction of sp³-hybridized carbons (Fsp3) is 0.643. The molecule has 6 heteroatoms. The van der Waals surface area contributed by atoms with E-state index in [1.165, 1.54) is 0 Å². The number of anilines is 1. The first-order valence-corrected chi connectivity index (χ1v) is 7.31. The molecule has 1 atom stereocenters. The van der Waals surface area contributed by atoms with Gasteiger partial charge in [-0.1, -0.05) is 0 Å². The maximum Gasteiger partial charge on any atom is 0.248 e. The van der Waals surface area contributed by atoms with Crippen molar-refractivity contribution in [2.24, 2.45) is 0 Å². The summed E-state index contributed by atoms with van der Waals surface area (Å²) in [6, 6.07) is -0.417. The average molecular weight is 276 g/mol. The molecule has 0 aromatic carbocycles. The Hall–Kier alpha value is -1.85. The Labute approximate surface area is 118 Å². The molecule has 0 saturated carbocycles. The van der Waals surface area contributed by atoms with Gasteiger partial charge in [0.15, 0.2) is 0 Å². The highest BCUT2D eigenvalue weighted by molar-refractivity contribution is 5.96. The van der Waals surface area contributed by atoms with Crippen LogP contribution >= 0.6 is 0 Å². The van der Waals surface area contributed by atoms with Crippen LogP contribution in [0.25, 0.3) is 0 Å². The van der Waals surface area contributed by atoms with Crippen LogP contribution in [-0.4, -0.2) is 38.9 Å². The SMILES string of the molecule is C[C@@H](C(=O)Nc1cnc2n1CCCC2)N1CCCC1=O. The maximum atomic E-state index is 12.3. The summed E-state index contributed by atoms with van der Waals surface area (Å²) in [7, 11) is 0. The summed E-state index contributed by atoms with van der Waals surface area (Å²) < 4.78 is 2.07. The third kappa shape index (κ3) is 2.30. The van der Waals surface area contributed by atoms with Crippen molar-refractivity contribution in [1.29, 1.82) is 0 Å². The van der Waals surface area contributed by atoms with Gasteiger partial charge in [-0.15, -0.1) is 0 Å². The zero-order valence-corrected chi connectivity index (χ0v) is 11.8. The number of fused-ring (bicyclic) bond motifs is 1. The summed E-state index contributed by atoms with van der Waals surface area (Å²) in [4.78, 5) is 30.0. The molecule has 1 aromatic rings. The molecule has 0 spiro atoms.